The molecule has 5 nitrogen and oxygen atoms in total. The molecule has 0 heterocycles. The van der Waals surface area contributed by atoms with Gasteiger partial charge in [0.1, 0.15) is 5.75 Å². The van der Waals surface area contributed by atoms with E-state index in [9.17, 15) is 10.1 Å². The number of halogens is 1. The van der Waals surface area contributed by atoms with Crippen molar-refractivity contribution >= 4 is 17.3 Å². The molecule has 0 radical (unpaired) electrons. The SMILES string of the molecule is CCNCc1cccc(Oc2c(Cl)cccc2[N+](=O)[O-])c1. The molecule has 0 saturated carbocycles. The van der Waals surface area contributed by atoms with Crippen LogP contribution in [0.15, 0.2) is 42.5 Å². The van der Waals surface area contributed by atoms with Crippen LogP contribution in [0.4, 0.5) is 5.69 Å². The number of nitro groups is 1. The minimum atomic E-state index is -0.510. The molecule has 1 N–H and O–H groups in total. The molecule has 0 unspecified atom stereocenters. The van der Waals surface area contributed by atoms with Crippen LogP contribution in [0.2, 0.25) is 5.02 Å². The molecule has 0 amide bonds. The first-order valence-electron chi connectivity index (χ1n) is 6.52. The van der Waals surface area contributed by atoms with E-state index in [2.05, 4.69) is 5.32 Å². The first kappa shape index (κ1) is 15.3. The minimum Gasteiger partial charge on any atom is -0.449 e. The van der Waals surface area contributed by atoms with Crippen molar-refractivity contribution in [1.29, 1.82) is 0 Å². The van der Waals surface area contributed by atoms with Gasteiger partial charge in [0.2, 0.25) is 5.75 Å². The maximum Gasteiger partial charge on any atom is 0.313 e. The number of nitro benzene ring substituents is 1. The molecule has 0 spiro atoms. The number of benzene rings is 2. The fourth-order valence-electron chi connectivity index (χ4n) is 1.85. The Bertz CT molecular complexity index is 647. The number of ether oxygens (including phenoxy) is 1. The quantitative estimate of drug-likeness (QED) is 0.643. The Hall–Kier alpha value is -2.11. The van der Waals surface area contributed by atoms with Crippen LogP contribution in [-0.4, -0.2) is 11.5 Å². The van der Waals surface area contributed by atoms with Crippen molar-refractivity contribution in [2.45, 2.75) is 13.5 Å². The van der Waals surface area contributed by atoms with Gasteiger partial charge in [-0.15, -0.1) is 0 Å². The van der Waals surface area contributed by atoms with Gasteiger partial charge in [-0.25, -0.2) is 0 Å². The molecule has 6 heteroatoms. The topological polar surface area (TPSA) is 64.4 Å². The molecule has 0 aliphatic heterocycles. The van der Waals surface area contributed by atoms with Gasteiger partial charge < -0.3 is 10.1 Å². The van der Waals surface area contributed by atoms with Crippen LogP contribution in [0.5, 0.6) is 11.5 Å². The molecule has 0 fully saturated rings. The summed E-state index contributed by atoms with van der Waals surface area (Å²) >= 11 is 6.00. The lowest BCUT2D eigenvalue weighted by Crippen LogP contribution is -2.11. The standard InChI is InChI=1S/C15H15ClN2O3/c1-2-17-10-11-5-3-6-12(9-11)21-15-13(16)7-4-8-14(15)18(19)20/h3-9,17H,2,10H2,1H3. The summed E-state index contributed by atoms with van der Waals surface area (Å²) in [6.07, 6.45) is 0. The molecule has 0 saturated heterocycles. The zero-order valence-corrected chi connectivity index (χ0v) is 12.3. The van der Waals surface area contributed by atoms with Gasteiger partial charge in [-0.3, -0.25) is 10.1 Å². The van der Waals surface area contributed by atoms with E-state index in [-0.39, 0.29) is 16.5 Å². The highest BCUT2D eigenvalue weighted by atomic mass is 35.5. The summed E-state index contributed by atoms with van der Waals surface area (Å²) in [6.45, 7) is 3.59. The molecule has 0 aromatic heterocycles. The summed E-state index contributed by atoms with van der Waals surface area (Å²) in [5.74, 6) is 0.575. The van der Waals surface area contributed by atoms with Crippen LogP contribution < -0.4 is 10.1 Å². The van der Waals surface area contributed by atoms with E-state index in [1.54, 1.807) is 12.1 Å². The average Bonchev–Trinajstić information content (AvgIpc) is 2.47. The lowest BCUT2D eigenvalue weighted by molar-refractivity contribution is -0.385. The highest BCUT2D eigenvalue weighted by Crippen LogP contribution is 2.37. The first-order chi connectivity index (χ1) is 10.1. The van der Waals surface area contributed by atoms with Gasteiger partial charge in [0.15, 0.2) is 0 Å². The van der Waals surface area contributed by atoms with E-state index in [1.165, 1.54) is 12.1 Å². The zero-order chi connectivity index (χ0) is 15.2. The molecule has 2 aromatic rings. The third-order valence-corrected chi connectivity index (χ3v) is 3.14. The van der Waals surface area contributed by atoms with Gasteiger partial charge in [0.05, 0.1) is 9.95 Å². The second-order valence-corrected chi connectivity index (χ2v) is 4.78. The molecule has 0 atom stereocenters. The lowest BCUT2D eigenvalue weighted by atomic mass is 10.2. The maximum atomic E-state index is 11.0. The van der Waals surface area contributed by atoms with Gasteiger partial charge in [-0.05, 0) is 30.3 Å². The molecule has 2 rings (SSSR count). The van der Waals surface area contributed by atoms with Crippen molar-refractivity contribution in [1.82, 2.24) is 5.32 Å². The van der Waals surface area contributed by atoms with E-state index >= 15 is 0 Å². The van der Waals surface area contributed by atoms with Crippen LogP contribution in [-0.2, 0) is 6.54 Å². The van der Waals surface area contributed by atoms with E-state index in [0.717, 1.165) is 12.1 Å². The molecular formula is C15H15ClN2O3. The number of hydrogen-bond acceptors (Lipinski definition) is 4. The van der Waals surface area contributed by atoms with Crippen LogP contribution in [0.1, 0.15) is 12.5 Å². The van der Waals surface area contributed by atoms with Crippen LogP contribution in [0.3, 0.4) is 0 Å². The third-order valence-electron chi connectivity index (χ3n) is 2.84. The highest BCUT2D eigenvalue weighted by molar-refractivity contribution is 6.32. The van der Waals surface area contributed by atoms with E-state index in [4.69, 9.17) is 16.3 Å². The Morgan fingerprint density at radius 1 is 1.29 bits per heavy atom. The Balaban J connectivity index is 2.28. The summed E-state index contributed by atoms with van der Waals surface area (Å²) in [7, 11) is 0. The zero-order valence-electron chi connectivity index (χ0n) is 11.5. The van der Waals surface area contributed by atoms with Crippen molar-refractivity contribution in [2.75, 3.05) is 6.54 Å². The largest absolute Gasteiger partial charge is 0.449 e. The van der Waals surface area contributed by atoms with Crippen molar-refractivity contribution in [3.05, 3.63) is 63.2 Å². The van der Waals surface area contributed by atoms with E-state index in [0.29, 0.717) is 12.3 Å². The summed E-state index contributed by atoms with van der Waals surface area (Å²) in [6, 6.07) is 11.8. The smallest absolute Gasteiger partial charge is 0.313 e. The number of hydrogen-bond donors (Lipinski definition) is 1. The van der Waals surface area contributed by atoms with Crippen molar-refractivity contribution < 1.29 is 9.66 Å². The monoisotopic (exact) mass is 306 g/mol. The fraction of sp³-hybridized carbons (Fsp3) is 0.200. The van der Waals surface area contributed by atoms with E-state index < -0.39 is 4.92 Å². The molecule has 21 heavy (non-hydrogen) atoms. The first-order valence-corrected chi connectivity index (χ1v) is 6.90. The number of para-hydroxylation sites is 1. The van der Waals surface area contributed by atoms with Crippen molar-refractivity contribution in [3.63, 3.8) is 0 Å². The molecule has 0 bridgehead atoms. The van der Waals surface area contributed by atoms with Crippen LogP contribution >= 0.6 is 11.6 Å². The molecule has 0 aliphatic rings. The second-order valence-electron chi connectivity index (χ2n) is 4.37. The Labute approximate surface area is 127 Å². The van der Waals surface area contributed by atoms with Crippen molar-refractivity contribution in [2.24, 2.45) is 0 Å². The fourth-order valence-corrected chi connectivity index (χ4v) is 2.06. The summed E-state index contributed by atoms with van der Waals surface area (Å²) < 4.78 is 5.62. The van der Waals surface area contributed by atoms with Crippen molar-refractivity contribution in [3.8, 4) is 11.5 Å². The Kier molecular flexibility index (Phi) is 5.14. The number of nitrogens with zero attached hydrogens (tertiary/aromatic N) is 1. The molecular weight excluding hydrogens is 292 g/mol. The summed E-state index contributed by atoms with van der Waals surface area (Å²) in [5.41, 5.74) is 0.878. The van der Waals surface area contributed by atoms with Crippen LogP contribution in [0, 0.1) is 10.1 Å². The van der Waals surface area contributed by atoms with Gasteiger partial charge in [0, 0.05) is 12.6 Å². The average molecular weight is 307 g/mol. The van der Waals surface area contributed by atoms with Crippen LogP contribution in [0.25, 0.3) is 0 Å². The number of nitrogens with one attached hydrogen (secondary N) is 1. The second kappa shape index (κ2) is 7.06. The van der Waals surface area contributed by atoms with Gasteiger partial charge in [0.25, 0.3) is 0 Å². The Morgan fingerprint density at radius 3 is 2.76 bits per heavy atom. The van der Waals surface area contributed by atoms with E-state index in [1.807, 2.05) is 25.1 Å². The highest BCUT2D eigenvalue weighted by Gasteiger charge is 2.19. The predicted molar refractivity (Wildman–Crippen MR) is 82.0 cm³/mol. The minimum absolute atomic E-state index is 0.0600. The summed E-state index contributed by atoms with van der Waals surface area (Å²) in [4.78, 5) is 10.5. The normalized spacial score (nSPS) is 10.4. The third kappa shape index (κ3) is 3.93. The van der Waals surface area contributed by atoms with Gasteiger partial charge in [-0.2, -0.15) is 0 Å². The Morgan fingerprint density at radius 2 is 2.05 bits per heavy atom. The molecule has 2 aromatic carbocycles. The maximum absolute atomic E-state index is 11.0. The number of rotatable bonds is 6. The lowest BCUT2D eigenvalue weighted by Gasteiger charge is -2.09. The molecule has 110 valence electrons. The molecule has 0 aliphatic carbocycles. The van der Waals surface area contributed by atoms with Gasteiger partial charge in [-0.1, -0.05) is 36.7 Å². The van der Waals surface area contributed by atoms with Gasteiger partial charge >= 0.3 is 5.69 Å². The summed E-state index contributed by atoms with van der Waals surface area (Å²) in [5, 5.41) is 14.4. The predicted octanol–water partition coefficient (Wildman–Crippen LogP) is 4.15.